The van der Waals surface area contributed by atoms with Crippen molar-refractivity contribution in [1.29, 1.82) is 0 Å². The van der Waals surface area contributed by atoms with Gasteiger partial charge in [0.2, 0.25) is 0 Å². The van der Waals surface area contributed by atoms with Crippen LogP contribution in [0.1, 0.15) is 24.5 Å². The molecule has 1 aliphatic rings. The fraction of sp³-hybridized carbons (Fsp3) is 0.538. The topological polar surface area (TPSA) is 47.3 Å². The van der Waals surface area contributed by atoms with E-state index in [1.54, 1.807) is 0 Å². The minimum Gasteiger partial charge on any atom is -0.493 e. The molecular formula is C13H20N2O. The fourth-order valence-electron chi connectivity index (χ4n) is 1.99. The van der Waals surface area contributed by atoms with E-state index in [1.807, 2.05) is 0 Å². The highest BCUT2D eigenvalue weighted by Gasteiger charge is 2.11. The van der Waals surface area contributed by atoms with Gasteiger partial charge in [0.25, 0.3) is 0 Å². The van der Waals surface area contributed by atoms with Crippen molar-refractivity contribution in [2.45, 2.75) is 32.4 Å². The predicted octanol–water partition coefficient (Wildman–Crippen LogP) is 1.45. The maximum Gasteiger partial charge on any atom is 0.122 e. The van der Waals surface area contributed by atoms with Crippen molar-refractivity contribution < 1.29 is 4.74 Å². The van der Waals surface area contributed by atoms with E-state index >= 15 is 0 Å². The minimum absolute atomic E-state index is 0.481. The number of hydrogen-bond donors (Lipinski definition) is 2. The van der Waals surface area contributed by atoms with E-state index in [2.05, 4.69) is 30.4 Å². The molecule has 1 atom stereocenters. The zero-order valence-corrected chi connectivity index (χ0v) is 9.83. The first-order valence-corrected chi connectivity index (χ1v) is 5.97. The number of nitrogens with one attached hydrogen (secondary N) is 1. The standard InChI is InChI=1S/C13H20N2O/c1-10(4-6-14)15-9-11-2-3-13-12(8-11)5-7-16-13/h2-3,8,10,15H,4-7,9,14H2,1H3. The normalized spacial score (nSPS) is 15.6. The molecule has 1 aromatic carbocycles. The van der Waals surface area contributed by atoms with Crippen molar-refractivity contribution in [3.05, 3.63) is 29.3 Å². The van der Waals surface area contributed by atoms with E-state index in [1.165, 1.54) is 11.1 Å². The van der Waals surface area contributed by atoms with Gasteiger partial charge in [0.05, 0.1) is 6.61 Å². The zero-order chi connectivity index (χ0) is 11.4. The Bertz CT molecular complexity index is 352. The van der Waals surface area contributed by atoms with Gasteiger partial charge < -0.3 is 15.8 Å². The van der Waals surface area contributed by atoms with Gasteiger partial charge >= 0.3 is 0 Å². The van der Waals surface area contributed by atoms with Crippen LogP contribution in [0.4, 0.5) is 0 Å². The number of rotatable bonds is 5. The molecule has 0 fully saturated rings. The van der Waals surface area contributed by atoms with Crippen LogP contribution in [-0.2, 0) is 13.0 Å². The first kappa shape index (κ1) is 11.4. The fourth-order valence-corrected chi connectivity index (χ4v) is 1.99. The van der Waals surface area contributed by atoms with Gasteiger partial charge in [-0.15, -0.1) is 0 Å². The summed E-state index contributed by atoms with van der Waals surface area (Å²) in [7, 11) is 0. The number of ether oxygens (including phenoxy) is 1. The van der Waals surface area contributed by atoms with Gasteiger partial charge in [-0.1, -0.05) is 12.1 Å². The predicted molar refractivity (Wildman–Crippen MR) is 65.6 cm³/mol. The third-order valence-electron chi connectivity index (χ3n) is 3.01. The molecule has 0 aliphatic carbocycles. The Hall–Kier alpha value is -1.06. The Morgan fingerprint density at radius 3 is 3.19 bits per heavy atom. The first-order valence-electron chi connectivity index (χ1n) is 5.97. The maximum atomic E-state index is 5.52. The highest BCUT2D eigenvalue weighted by molar-refractivity contribution is 5.39. The molecule has 0 aromatic heterocycles. The molecule has 16 heavy (non-hydrogen) atoms. The van der Waals surface area contributed by atoms with Crippen LogP contribution < -0.4 is 15.8 Å². The van der Waals surface area contributed by atoms with E-state index < -0.39 is 0 Å². The molecule has 88 valence electrons. The molecule has 1 unspecified atom stereocenters. The van der Waals surface area contributed by atoms with Gasteiger partial charge in [0.1, 0.15) is 5.75 Å². The lowest BCUT2D eigenvalue weighted by Gasteiger charge is -2.12. The molecule has 0 amide bonds. The number of nitrogens with two attached hydrogens (primary N) is 1. The summed E-state index contributed by atoms with van der Waals surface area (Å²) < 4.78 is 5.48. The summed E-state index contributed by atoms with van der Waals surface area (Å²) >= 11 is 0. The van der Waals surface area contributed by atoms with Crippen LogP contribution in [0, 0.1) is 0 Å². The minimum atomic E-state index is 0.481. The van der Waals surface area contributed by atoms with Crippen LogP contribution in [0.2, 0.25) is 0 Å². The van der Waals surface area contributed by atoms with Crippen LogP contribution >= 0.6 is 0 Å². The van der Waals surface area contributed by atoms with Gasteiger partial charge in [0.15, 0.2) is 0 Å². The largest absolute Gasteiger partial charge is 0.493 e. The van der Waals surface area contributed by atoms with Crippen molar-refractivity contribution in [2.24, 2.45) is 5.73 Å². The number of fused-ring (bicyclic) bond motifs is 1. The Labute approximate surface area is 97.0 Å². The van der Waals surface area contributed by atoms with Crippen LogP contribution in [0.25, 0.3) is 0 Å². The second kappa shape index (κ2) is 5.32. The molecule has 3 N–H and O–H groups in total. The van der Waals surface area contributed by atoms with Crippen molar-refractivity contribution >= 4 is 0 Å². The van der Waals surface area contributed by atoms with Crippen LogP contribution in [0.15, 0.2) is 18.2 Å². The molecule has 0 bridgehead atoms. The summed E-state index contributed by atoms with van der Waals surface area (Å²) in [5.41, 5.74) is 8.18. The van der Waals surface area contributed by atoms with E-state index in [0.717, 1.165) is 38.3 Å². The van der Waals surface area contributed by atoms with Crippen LogP contribution in [-0.4, -0.2) is 19.2 Å². The van der Waals surface area contributed by atoms with Gasteiger partial charge in [-0.25, -0.2) is 0 Å². The second-order valence-electron chi connectivity index (χ2n) is 4.40. The lowest BCUT2D eigenvalue weighted by Crippen LogP contribution is -2.27. The van der Waals surface area contributed by atoms with E-state index in [0.29, 0.717) is 6.04 Å². The maximum absolute atomic E-state index is 5.52. The third kappa shape index (κ3) is 2.74. The SMILES string of the molecule is CC(CCN)NCc1ccc2c(c1)CCO2. The van der Waals surface area contributed by atoms with E-state index in [9.17, 15) is 0 Å². The molecule has 0 saturated heterocycles. The molecule has 1 aromatic rings. The first-order chi connectivity index (χ1) is 7.79. The quantitative estimate of drug-likeness (QED) is 0.789. The molecule has 1 heterocycles. The summed E-state index contributed by atoms with van der Waals surface area (Å²) in [5.74, 6) is 1.05. The van der Waals surface area contributed by atoms with Crippen molar-refractivity contribution in [3.8, 4) is 5.75 Å². The third-order valence-corrected chi connectivity index (χ3v) is 3.01. The molecule has 3 nitrogen and oxygen atoms in total. The average Bonchev–Trinajstić information content (AvgIpc) is 2.74. The van der Waals surface area contributed by atoms with E-state index in [4.69, 9.17) is 10.5 Å². The Morgan fingerprint density at radius 2 is 2.38 bits per heavy atom. The molecule has 1 aliphatic heterocycles. The Balaban J connectivity index is 1.90. The van der Waals surface area contributed by atoms with Gasteiger partial charge in [-0.2, -0.15) is 0 Å². The van der Waals surface area contributed by atoms with Gasteiger partial charge in [-0.3, -0.25) is 0 Å². The summed E-state index contributed by atoms with van der Waals surface area (Å²) in [6.45, 7) is 4.65. The highest BCUT2D eigenvalue weighted by Crippen LogP contribution is 2.25. The summed E-state index contributed by atoms with van der Waals surface area (Å²) in [4.78, 5) is 0. The molecule has 0 spiro atoms. The zero-order valence-electron chi connectivity index (χ0n) is 9.83. The van der Waals surface area contributed by atoms with Crippen molar-refractivity contribution in [2.75, 3.05) is 13.2 Å². The monoisotopic (exact) mass is 220 g/mol. The Morgan fingerprint density at radius 1 is 1.50 bits per heavy atom. The van der Waals surface area contributed by atoms with Crippen molar-refractivity contribution in [3.63, 3.8) is 0 Å². The molecule has 0 radical (unpaired) electrons. The Kier molecular flexibility index (Phi) is 3.80. The van der Waals surface area contributed by atoms with E-state index in [-0.39, 0.29) is 0 Å². The lowest BCUT2D eigenvalue weighted by atomic mass is 10.1. The van der Waals surface area contributed by atoms with Crippen molar-refractivity contribution in [1.82, 2.24) is 5.32 Å². The lowest BCUT2D eigenvalue weighted by molar-refractivity contribution is 0.357. The molecule has 2 rings (SSSR count). The highest BCUT2D eigenvalue weighted by atomic mass is 16.5. The van der Waals surface area contributed by atoms with Crippen LogP contribution in [0.3, 0.4) is 0 Å². The second-order valence-corrected chi connectivity index (χ2v) is 4.40. The summed E-state index contributed by atoms with van der Waals surface area (Å²) in [5, 5.41) is 3.47. The average molecular weight is 220 g/mol. The number of hydrogen-bond acceptors (Lipinski definition) is 3. The number of benzene rings is 1. The smallest absolute Gasteiger partial charge is 0.122 e. The van der Waals surface area contributed by atoms with Gasteiger partial charge in [0, 0.05) is 19.0 Å². The summed E-state index contributed by atoms with van der Waals surface area (Å²) in [6.07, 6.45) is 2.07. The molecule has 0 saturated carbocycles. The van der Waals surface area contributed by atoms with Crippen LogP contribution in [0.5, 0.6) is 5.75 Å². The molecule has 3 heteroatoms. The summed E-state index contributed by atoms with van der Waals surface area (Å²) in [6, 6.07) is 6.93. The molecular weight excluding hydrogens is 200 g/mol. The van der Waals surface area contributed by atoms with Gasteiger partial charge in [-0.05, 0) is 37.1 Å².